The van der Waals surface area contributed by atoms with Crippen molar-refractivity contribution in [3.63, 3.8) is 0 Å². The van der Waals surface area contributed by atoms with E-state index in [9.17, 15) is 9.59 Å². The minimum Gasteiger partial charge on any atom is -0.455 e. The molecule has 5 nitrogen and oxygen atoms in total. The van der Waals surface area contributed by atoms with E-state index in [-0.39, 0.29) is 16.9 Å². The lowest BCUT2D eigenvalue weighted by Crippen LogP contribution is -2.15. The Balaban J connectivity index is 1.81. The molecular formula is C23H18N2O3S. The first-order chi connectivity index (χ1) is 14.1. The van der Waals surface area contributed by atoms with Crippen molar-refractivity contribution in [2.45, 2.75) is 11.9 Å². The molecule has 0 aliphatic carbocycles. The first-order valence-corrected chi connectivity index (χ1v) is 10.2. The molecule has 2 aromatic heterocycles. The van der Waals surface area contributed by atoms with E-state index in [1.165, 1.54) is 11.8 Å². The van der Waals surface area contributed by atoms with Crippen LogP contribution in [-0.4, -0.2) is 17.1 Å². The molecule has 29 heavy (non-hydrogen) atoms. The average molecular weight is 402 g/mol. The Labute approximate surface area is 171 Å². The number of pyridine rings is 1. The molecule has 0 spiro atoms. The molecule has 0 saturated heterocycles. The molecule has 4 rings (SSSR count). The van der Waals surface area contributed by atoms with Crippen molar-refractivity contribution < 1.29 is 9.21 Å². The first-order valence-electron chi connectivity index (χ1n) is 9.01. The van der Waals surface area contributed by atoms with Gasteiger partial charge in [-0.15, -0.1) is 11.8 Å². The Morgan fingerprint density at radius 3 is 2.52 bits per heavy atom. The second-order valence-electron chi connectivity index (χ2n) is 6.48. The van der Waals surface area contributed by atoms with Crippen LogP contribution < -0.4 is 10.7 Å². The molecule has 2 heterocycles. The van der Waals surface area contributed by atoms with Gasteiger partial charge in [0.05, 0.1) is 27.9 Å². The van der Waals surface area contributed by atoms with Crippen molar-refractivity contribution in [3.8, 4) is 11.3 Å². The number of rotatable bonds is 4. The van der Waals surface area contributed by atoms with E-state index in [2.05, 4.69) is 10.3 Å². The summed E-state index contributed by atoms with van der Waals surface area (Å²) in [6.45, 7) is 1.74. The van der Waals surface area contributed by atoms with Crippen LogP contribution in [0.2, 0.25) is 0 Å². The number of aromatic nitrogens is 1. The van der Waals surface area contributed by atoms with Gasteiger partial charge >= 0.3 is 0 Å². The van der Waals surface area contributed by atoms with Crippen molar-refractivity contribution in [1.29, 1.82) is 0 Å². The summed E-state index contributed by atoms with van der Waals surface area (Å²) < 4.78 is 6.11. The Kier molecular flexibility index (Phi) is 5.18. The summed E-state index contributed by atoms with van der Waals surface area (Å²) in [5, 5.41) is 4.07. The van der Waals surface area contributed by atoms with Gasteiger partial charge in [-0.05, 0) is 37.4 Å². The summed E-state index contributed by atoms with van der Waals surface area (Å²) in [7, 11) is 0. The van der Waals surface area contributed by atoms with Crippen molar-refractivity contribution in [2.24, 2.45) is 0 Å². The molecule has 0 unspecified atom stereocenters. The number of hydrogen-bond donors (Lipinski definition) is 1. The van der Waals surface area contributed by atoms with Gasteiger partial charge in [0, 0.05) is 11.1 Å². The van der Waals surface area contributed by atoms with Gasteiger partial charge in [-0.25, -0.2) is 4.98 Å². The highest BCUT2D eigenvalue weighted by Gasteiger charge is 2.18. The third kappa shape index (κ3) is 3.67. The predicted molar refractivity (Wildman–Crippen MR) is 117 cm³/mol. The highest BCUT2D eigenvalue weighted by Crippen LogP contribution is 2.27. The maximum absolute atomic E-state index is 12.9. The van der Waals surface area contributed by atoms with Crippen molar-refractivity contribution in [3.05, 3.63) is 88.2 Å². The monoisotopic (exact) mass is 402 g/mol. The number of nitrogens with zero attached hydrogens (tertiary/aromatic N) is 1. The van der Waals surface area contributed by atoms with E-state index >= 15 is 0 Å². The van der Waals surface area contributed by atoms with Gasteiger partial charge in [-0.2, -0.15) is 0 Å². The highest BCUT2D eigenvalue weighted by atomic mass is 32.2. The zero-order valence-electron chi connectivity index (χ0n) is 15.9. The summed E-state index contributed by atoms with van der Waals surface area (Å²) >= 11 is 1.52. The van der Waals surface area contributed by atoms with Gasteiger partial charge in [0.25, 0.3) is 5.91 Å². The number of amides is 1. The van der Waals surface area contributed by atoms with Gasteiger partial charge in [0.2, 0.25) is 0 Å². The lowest BCUT2D eigenvalue weighted by atomic mass is 10.0. The number of anilines is 1. The normalized spacial score (nSPS) is 10.8. The van der Waals surface area contributed by atoms with Gasteiger partial charge in [0.15, 0.2) is 11.0 Å². The van der Waals surface area contributed by atoms with E-state index in [0.717, 1.165) is 10.6 Å². The Morgan fingerprint density at radius 2 is 1.83 bits per heavy atom. The predicted octanol–water partition coefficient (Wildman–Crippen LogP) is 5.14. The molecule has 1 N–H and O–H groups in total. The average Bonchev–Trinajstić information content (AvgIpc) is 2.77. The number of nitrogens with one attached hydrogen (secondary N) is 1. The maximum atomic E-state index is 12.9. The number of para-hydroxylation sites is 1. The van der Waals surface area contributed by atoms with E-state index in [4.69, 9.17) is 4.42 Å². The fourth-order valence-electron chi connectivity index (χ4n) is 3.13. The van der Waals surface area contributed by atoms with Crippen LogP contribution in [0.4, 0.5) is 5.69 Å². The van der Waals surface area contributed by atoms with Crippen LogP contribution in [-0.2, 0) is 0 Å². The van der Waals surface area contributed by atoms with Crippen molar-refractivity contribution in [1.82, 2.24) is 4.98 Å². The van der Waals surface area contributed by atoms with Gasteiger partial charge in [-0.1, -0.05) is 36.4 Å². The fraction of sp³-hybridized carbons (Fsp3) is 0.0870. The van der Waals surface area contributed by atoms with Crippen LogP contribution in [0.1, 0.15) is 15.9 Å². The third-order valence-electron chi connectivity index (χ3n) is 4.63. The topological polar surface area (TPSA) is 72.2 Å². The molecule has 1 amide bonds. The van der Waals surface area contributed by atoms with Crippen LogP contribution in [0, 0.1) is 6.92 Å². The van der Waals surface area contributed by atoms with Crippen molar-refractivity contribution in [2.75, 3.05) is 11.6 Å². The number of hydrogen-bond acceptors (Lipinski definition) is 5. The molecular weight excluding hydrogens is 384 g/mol. The minimum absolute atomic E-state index is 0.147. The van der Waals surface area contributed by atoms with Gasteiger partial charge < -0.3 is 9.73 Å². The second-order valence-corrected chi connectivity index (χ2v) is 7.30. The fourth-order valence-corrected chi connectivity index (χ4v) is 3.49. The molecule has 2 aromatic carbocycles. The quantitative estimate of drug-likeness (QED) is 0.479. The maximum Gasteiger partial charge on any atom is 0.259 e. The number of thioether (sulfide) groups is 1. The highest BCUT2D eigenvalue weighted by molar-refractivity contribution is 7.98. The zero-order chi connectivity index (χ0) is 20.4. The van der Waals surface area contributed by atoms with Crippen LogP contribution in [0.25, 0.3) is 22.3 Å². The van der Waals surface area contributed by atoms with Crippen LogP contribution >= 0.6 is 11.8 Å². The smallest absolute Gasteiger partial charge is 0.259 e. The SMILES string of the molecule is CSc1ccc(NC(=O)c2cccc3c(=O)c(C)c(-c4ccccc4)oc23)cn1. The van der Waals surface area contributed by atoms with E-state index in [1.54, 1.807) is 37.4 Å². The summed E-state index contributed by atoms with van der Waals surface area (Å²) in [4.78, 5) is 30.1. The molecule has 6 heteroatoms. The molecule has 0 atom stereocenters. The summed E-state index contributed by atoms with van der Waals surface area (Å²) in [5.74, 6) is 0.106. The summed E-state index contributed by atoms with van der Waals surface area (Å²) in [5.41, 5.74) is 2.29. The molecule has 0 fully saturated rings. The van der Waals surface area contributed by atoms with E-state index in [0.29, 0.717) is 28.0 Å². The number of fused-ring (bicyclic) bond motifs is 1. The van der Waals surface area contributed by atoms with Crippen molar-refractivity contribution >= 4 is 34.3 Å². The molecule has 0 radical (unpaired) electrons. The molecule has 0 saturated carbocycles. The molecule has 144 valence electrons. The van der Waals surface area contributed by atoms with Crippen LogP contribution in [0.3, 0.4) is 0 Å². The summed E-state index contributed by atoms with van der Waals surface area (Å²) in [6.07, 6.45) is 3.54. The Bertz CT molecular complexity index is 1250. The molecule has 4 aromatic rings. The van der Waals surface area contributed by atoms with Gasteiger partial charge in [0.1, 0.15) is 5.76 Å². The standard InChI is InChI=1S/C23H18N2O3S/c1-14-20(26)17-9-6-10-18(22(17)28-21(14)15-7-4-3-5-8-15)23(27)25-16-11-12-19(29-2)24-13-16/h3-13H,1-2H3,(H,25,27). The second kappa shape index (κ2) is 7.93. The third-order valence-corrected chi connectivity index (χ3v) is 5.29. The number of carbonyl (C=O) groups excluding carboxylic acids is 1. The summed E-state index contributed by atoms with van der Waals surface area (Å²) in [6, 6.07) is 18.0. The first kappa shape index (κ1) is 19.0. The number of benzene rings is 2. The minimum atomic E-state index is -0.361. The van der Waals surface area contributed by atoms with Gasteiger partial charge in [-0.3, -0.25) is 9.59 Å². The molecule has 0 aliphatic heterocycles. The molecule has 0 aliphatic rings. The van der Waals surface area contributed by atoms with Crippen LogP contribution in [0.5, 0.6) is 0 Å². The Morgan fingerprint density at radius 1 is 1.03 bits per heavy atom. The zero-order valence-corrected chi connectivity index (χ0v) is 16.7. The van der Waals surface area contributed by atoms with E-state index < -0.39 is 0 Å². The molecule has 0 bridgehead atoms. The number of carbonyl (C=O) groups is 1. The lowest BCUT2D eigenvalue weighted by molar-refractivity contribution is 0.102. The van der Waals surface area contributed by atoms with E-state index in [1.807, 2.05) is 42.7 Å². The lowest BCUT2D eigenvalue weighted by Gasteiger charge is -2.11. The Hall–Kier alpha value is -3.38. The largest absolute Gasteiger partial charge is 0.455 e. The van der Waals surface area contributed by atoms with Crippen LogP contribution in [0.15, 0.2) is 81.1 Å².